The molecule has 0 spiro atoms. The van der Waals surface area contributed by atoms with Gasteiger partial charge >= 0.3 is 5.97 Å². The largest absolute Gasteiger partial charge is 0.464 e. The summed E-state index contributed by atoms with van der Waals surface area (Å²) in [6.45, 7) is 4.24. The molecular weight excluding hydrogens is 328 g/mol. The first-order chi connectivity index (χ1) is 9.32. The molecule has 3 N–H and O–H groups in total. The summed E-state index contributed by atoms with van der Waals surface area (Å²) in [6, 6.07) is 0. The van der Waals surface area contributed by atoms with E-state index >= 15 is 0 Å². The number of carbonyl (C=O) groups is 2. The van der Waals surface area contributed by atoms with E-state index in [-0.39, 0.29) is 17.9 Å². The first kappa shape index (κ1) is 16.5. The van der Waals surface area contributed by atoms with Crippen LogP contribution in [0.25, 0.3) is 0 Å². The zero-order chi connectivity index (χ0) is 15.3. The Hall–Kier alpha value is -1.57. The third-order valence-corrected chi connectivity index (χ3v) is 3.18. The number of esters is 1. The van der Waals surface area contributed by atoms with Gasteiger partial charge in [-0.05, 0) is 28.3 Å². The number of anilines is 1. The number of carbonyl (C=O) groups excluding carboxylic acids is 2. The van der Waals surface area contributed by atoms with Gasteiger partial charge in [-0.2, -0.15) is 5.10 Å². The van der Waals surface area contributed by atoms with Gasteiger partial charge in [0.05, 0.1) is 6.61 Å². The molecule has 1 rings (SSSR count). The molecule has 1 heterocycles. The maximum atomic E-state index is 11.9. The van der Waals surface area contributed by atoms with Crippen molar-refractivity contribution in [3.63, 3.8) is 0 Å². The van der Waals surface area contributed by atoms with E-state index in [1.165, 1.54) is 4.68 Å². The molecule has 7 nitrogen and oxygen atoms in total. The van der Waals surface area contributed by atoms with Crippen LogP contribution in [-0.4, -0.2) is 34.8 Å². The van der Waals surface area contributed by atoms with Crippen molar-refractivity contribution in [3.05, 3.63) is 10.2 Å². The van der Waals surface area contributed by atoms with Crippen LogP contribution in [-0.2, 0) is 16.6 Å². The second-order valence-corrected chi connectivity index (χ2v) is 5.51. The number of halogens is 1. The Bertz CT molecular complexity index is 499. The molecule has 0 saturated carbocycles. The van der Waals surface area contributed by atoms with Gasteiger partial charge in [-0.25, -0.2) is 0 Å². The van der Waals surface area contributed by atoms with Gasteiger partial charge in [0, 0.05) is 7.05 Å². The van der Waals surface area contributed by atoms with Crippen LogP contribution in [0.2, 0.25) is 0 Å². The number of nitrogens with one attached hydrogen (secondary N) is 1. The van der Waals surface area contributed by atoms with Crippen LogP contribution in [0.4, 0.5) is 5.82 Å². The van der Waals surface area contributed by atoms with Gasteiger partial charge in [0.1, 0.15) is 22.5 Å². The molecular formula is C12H19BrN4O3. The number of aryl methyl sites for hydroxylation is 1. The third-order valence-electron chi connectivity index (χ3n) is 2.63. The molecule has 20 heavy (non-hydrogen) atoms. The van der Waals surface area contributed by atoms with E-state index in [1.807, 2.05) is 13.8 Å². The van der Waals surface area contributed by atoms with Crippen molar-refractivity contribution in [1.29, 1.82) is 0 Å². The molecule has 0 fully saturated rings. The molecule has 0 aliphatic heterocycles. The normalized spacial score (nSPS) is 10.7. The predicted octanol–water partition coefficient (Wildman–Crippen LogP) is 1.08. The summed E-state index contributed by atoms with van der Waals surface area (Å²) in [4.78, 5) is 23.3. The molecule has 0 aliphatic rings. The average molecular weight is 347 g/mol. The van der Waals surface area contributed by atoms with Crippen molar-refractivity contribution in [2.45, 2.75) is 20.3 Å². The van der Waals surface area contributed by atoms with Crippen LogP contribution >= 0.6 is 15.9 Å². The van der Waals surface area contributed by atoms with Crippen LogP contribution in [0.3, 0.4) is 0 Å². The number of amides is 1. The standard InChI is InChI=1S/C12H19BrN4O3/c1-7(2)4-5-20-8(18)6-15-12(19)9-10(13)16-17(3)11(9)14/h7H,4-6,14H2,1-3H3,(H,15,19). The highest BCUT2D eigenvalue weighted by Crippen LogP contribution is 2.20. The fourth-order valence-corrected chi connectivity index (χ4v) is 2.03. The first-order valence-electron chi connectivity index (χ1n) is 6.24. The second kappa shape index (κ2) is 7.28. The highest BCUT2D eigenvalue weighted by atomic mass is 79.9. The fourth-order valence-electron chi connectivity index (χ4n) is 1.41. The van der Waals surface area contributed by atoms with E-state index in [9.17, 15) is 9.59 Å². The van der Waals surface area contributed by atoms with Crippen molar-refractivity contribution in [2.24, 2.45) is 13.0 Å². The minimum atomic E-state index is -0.474. The van der Waals surface area contributed by atoms with Crippen LogP contribution in [0, 0.1) is 5.92 Å². The molecule has 0 bridgehead atoms. The Morgan fingerprint density at radius 1 is 1.50 bits per heavy atom. The Balaban J connectivity index is 2.45. The fraction of sp³-hybridized carbons (Fsp3) is 0.583. The lowest BCUT2D eigenvalue weighted by atomic mass is 10.1. The van der Waals surface area contributed by atoms with Gasteiger partial charge in [0.15, 0.2) is 0 Å². The number of rotatable bonds is 6. The van der Waals surface area contributed by atoms with E-state index in [1.54, 1.807) is 7.05 Å². The molecule has 0 unspecified atom stereocenters. The van der Waals surface area contributed by atoms with Crippen molar-refractivity contribution >= 4 is 33.6 Å². The Morgan fingerprint density at radius 3 is 2.65 bits per heavy atom. The SMILES string of the molecule is CC(C)CCOC(=O)CNC(=O)c1c(Br)nn(C)c1N. The molecule has 0 aromatic carbocycles. The smallest absolute Gasteiger partial charge is 0.325 e. The van der Waals surface area contributed by atoms with Crippen molar-refractivity contribution in [3.8, 4) is 0 Å². The summed E-state index contributed by atoms with van der Waals surface area (Å²) in [7, 11) is 1.62. The van der Waals surface area contributed by atoms with Crippen LogP contribution in [0.1, 0.15) is 30.6 Å². The van der Waals surface area contributed by atoms with Gasteiger partial charge in [-0.15, -0.1) is 0 Å². The predicted molar refractivity (Wildman–Crippen MR) is 78.1 cm³/mol. The molecule has 0 saturated heterocycles. The van der Waals surface area contributed by atoms with Gasteiger partial charge < -0.3 is 15.8 Å². The summed E-state index contributed by atoms with van der Waals surface area (Å²) >= 11 is 3.14. The number of hydrogen-bond acceptors (Lipinski definition) is 5. The number of ether oxygens (including phenoxy) is 1. The third kappa shape index (κ3) is 4.52. The number of hydrogen-bond donors (Lipinski definition) is 2. The number of aromatic nitrogens is 2. The Labute approximate surface area is 126 Å². The molecule has 0 radical (unpaired) electrons. The molecule has 1 aromatic heterocycles. The van der Waals surface area contributed by atoms with E-state index < -0.39 is 11.9 Å². The number of nitrogens with zero attached hydrogens (tertiary/aromatic N) is 2. The summed E-state index contributed by atoms with van der Waals surface area (Å²) in [5.74, 6) is -0.257. The average Bonchev–Trinajstić information content (AvgIpc) is 2.60. The van der Waals surface area contributed by atoms with Gasteiger partial charge in [-0.1, -0.05) is 13.8 Å². The van der Waals surface area contributed by atoms with Crippen LogP contribution in [0.5, 0.6) is 0 Å². The second-order valence-electron chi connectivity index (χ2n) is 4.76. The maximum absolute atomic E-state index is 11.9. The molecule has 1 aromatic rings. The minimum absolute atomic E-state index is 0.197. The number of nitrogen functional groups attached to an aromatic ring is 1. The van der Waals surface area contributed by atoms with E-state index in [4.69, 9.17) is 10.5 Å². The maximum Gasteiger partial charge on any atom is 0.325 e. The lowest BCUT2D eigenvalue weighted by molar-refractivity contribution is -0.142. The lowest BCUT2D eigenvalue weighted by Crippen LogP contribution is -2.31. The highest BCUT2D eigenvalue weighted by Gasteiger charge is 2.19. The monoisotopic (exact) mass is 346 g/mol. The zero-order valence-electron chi connectivity index (χ0n) is 11.8. The molecule has 112 valence electrons. The molecule has 8 heteroatoms. The van der Waals surface area contributed by atoms with Crippen LogP contribution in [0.15, 0.2) is 4.60 Å². The summed E-state index contributed by atoms with van der Waals surface area (Å²) in [5.41, 5.74) is 5.93. The van der Waals surface area contributed by atoms with Crippen LogP contribution < -0.4 is 11.1 Å². The zero-order valence-corrected chi connectivity index (χ0v) is 13.4. The Morgan fingerprint density at radius 2 is 2.15 bits per heavy atom. The van der Waals surface area contributed by atoms with Crippen molar-refractivity contribution < 1.29 is 14.3 Å². The van der Waals surface area contributed by atoms with E-state index in [2.05, 4.69) is 26.3 Å². The summed E-state index contributed by atoms with van der Waals surface area (Å²) < 4.78 is 6.70. The van der Waals surface area contributed by atoms with Gasteiger partial charge in [-0.3, -0.25) is 14.3 Å². The molecule has 1 amide bonds. The lowest BCUT2D eigenvalue weighted by Gasteiger charge is -2.07. The van der Waals surface area contributed by atoms with Crippen molar-refractivity contribution in [1.82, 2.24) is 15.1 Å². The van der Waals surface area contributed by atoms with Gasteiger partial charge in [0.2, 0.25) is 0 Å². The quantitative estimate of drug-likeness (QED) is 0.751. The Kier molecular flexibility index (Phi) is 6.00. The van der Waals surface area contributed by atoms with Crippen molar-refractivity contribution in [2.75, 3.05) is 18.9 Å². The van der Waals surface area contributed by atoms with Gasteiger partial charge in [0.25, 0.3) is 5.91 Å². The number of nitrogens with two attached hydrogens (primary N) is 1. The van der Waals surface area contributed by atoms with E-state index in [0.717, 1.165) is 6.42 Å². The summed E-state index contributed by atoms with van der Waals surface area (Å²) in [5, 5.41) is 6.41. The molecule has 0 atom stereocenters. The highest BCUT2D eigenvalue weighted by molar-refractivity contribution is 9.10. The first-order valence-corrected chi connectivity index (χ1v) is 7.04. The topological polar surface area (TPSA) is 99.2 Å². The molecule has 0 aliphatic carbocycles. The summed E-state index contributed by atoms with van der Waals surface area (Å²) in [6.07, 6.45) is 0.792. The van der Waals surface area contributed by atoms with E-state index in [0.29, 0.717) is 17.1 Å². The minimum Gasteiger partial charge on any atom is -0.464 e.